The first-order valence-electron chi connectivity index (χ1n) is 10.8. The van der Waals surface area contributed by atoms with Gasteiger partial charge in [-0.25, -0.2) is 29.4 Å². The first-order chi connectivity index (χ1) is 13.7. The molecule has 2 fully saturated rings. The van der Waals surface area contributed by atoms with Crippen LogP contribution < -0.4 is 0 Å². The average molecular weight is 388 g/mol. The van der Waals surface area contributed by atoms with E-state index in [2.05, 4.69) is 15.0 Å². The lowest BCUT2D eigenvalue weighted by Gasteiger charge is -2.32. The summed E-state index contributed by atoms with van der Waals surface area (Å²) in [6.07, 6.45) is 19.0. The maximum Gasteiger partial charge on any atom is 0.234 e. The fourth-order valence-electron chi connectivity index (χ4n) is 5.53. The Morgan fingerprint density at radius 2 is 1.36 bits per heavy atom. The Kier molecular flexibility index (Phi) is 10.1. The minimum atomic E-state index is 0.330. The molecular weight excluding hydrogens is 354 g/mol. The lowest BCUT2D eigenvalue weighted by Crippen LogP contribution is -2.20. The molecule has 0 saturated heterocycles. The number of carbonyl (C=O) groups excluding carboxylic acids is 3. The Bertz CT molecular complexity index is 609. The van der Waals surface area contributed by atoms with Crippen LogP contribution in [0.25, 0.3) is 0 Å². The smallest absolute Gasteiger partial charge is 0.211 e. The number of isocyanates is 3. The van der Waals surface area contributed by atoms with Gasteiger partial charge in [-0.05, 0) is 93.8 Å². The quantitative estimate of drug-likeness (QED) is 0.235. The van der Waals surface area contributed by atoms with Crippen molar-refractivity contribution in [3.63, 3.8) is 0 Å². The fraction of sp³-hybridized carbons (Fsp3) is 0.864. The normalized spacial score (nSPS) is 24.6. The van der Waals surface area contributed by atoms with E-state index in [9.17, 15) is 14.4 Å². The van der Waals surface area contributed by atoms with E-state index in [-0.39, 0.29) is 0 Å². The molecule has 0 aliphatic heterocycles. The standard InChI is InChI=1S/C22H33N3O3/c26-16-23-11-1-3-19(13-22-9-7-20(14-22)8-10-22)5-6-21(15-25-18-28)4-2-12-24-17-27/h19-21H,1-15H2. The zero-order valence-corrected chi connectivity index (χ0v) is 16.9. The van der Waals surface area contributed by atoms with Crippen molar-refractivity contribution < 1.29 is 14.4 Å². The lowest BCUT2D eigenvalue weighted by atomic mass is 9.74. The molecule has 0 amide bonds. The molecule has 6 nitrogen and oxygen atoms in total. The maximum absolute atomic E-state index is 10.5. The van der Waals surface area contributed by atoms with E-state index in [1.807, 2.05) is 0 Å². The molecule has 2 unspecified atom stereocenters. The number of aliphatic imine (C=N–C) groups is 3. The van der Waals surface area contributed by atoms with Crippen molar-refractivity contribution in [2.45, 2.75) is 77.0 Å². The second kappa shape index (κ2) is 12.6. The van der Waals surface area contributed by atoms with Crippen LogP contribution in [0.4, 0.5) is 0 Å². The Balaban J connectivity index is 1.88. The number of hydrogen-bond acceptors (Lipinski definition) is 6. The van der Waals surface area contributed by atoms with Crippen LogP contribution in [0.3, 0.4) is 0 Å². The highest BCUT2D eigenvalue weighted by atomic mass is 16.1. The van der Waals surface area contributed by atoms with Gasteiger partial charge < -0.3 is 0 Å². The molecule has 6 heteroatoms. The molecule has 0 aromatic rings. The van der Waals surface area contributed by atoms with E-state index in [0.29, 0.717) is 36.9 Å². The molecule has 2 aliphatic rings. The molecule has 2 atom stereocenters. The van der Waals surface area contributed by atoms with Crippen molar-refractivity contribution in [1.82, 2.24) is 0 Å². The van der Waals surface area contributed by atoms with Gasteiger partial charge in [0.1, 0.15) is 0 Å². The van der Waals surface area contributed by atoms with Gasteiger partial charge in [0.2, 0.25) is 18.2 Å². The van der Waals surface area contributed by atoms with Crippen LogP contribution in [0, 0.1) is 23.2 Å². The van der Waals surface area contributed by atoms with Crippen LogP contribution >= 0.6 is 0 Å². The first-order valence-corrected chi connectivity index (χ1v) is 10.8. The van der Waals surface area contributed by atoms with Gasteiger partial charge in [-0.15, -0.1) is 0 Å². The van der Waals surface area contributed by atoms with Gasteiger partial charge in [0.25, 0.3) is 0 Å². The molecule has 0 aromatic heterocycles. The number of fused-ring (bicyclic) bond motifs is 2. The van der Waals surface area contributed by atoms with Gasteiger partial charge in [-0.2, -0.15) is 0 Å². The number of nitrogens with zero attached hydrogens (tertiary/aromatic N) is 3. The van der Waals surface area contributed by atoms with Crippen LogP contribution in [0.15, 0.2) is 15.0 Å². The average Bonchev–Trinajstić information content (AvgIpc) is 3.30. The summed E-state index contributed by atoms with van der Waals surface area (Å²) in [4.78, 5) is 42.2. The molecule has 154 valence electrons. The van der Waals surface area contributed by atoms with Gasteiger partial charge in [0.15, 0.2) is 0 Å². The zero-order chi connectivity index (χ0) is 20.1. The summed E-state index contributed by atoms with van der Waals surface area (Å²) in [6.45, 7) is 1.56. The van der Waals surface area contributed by atoms with Crippen molar-refractivity contribution >= 4 is 18.2 Å². The van der Waals surface area contributed by atoms with E-state index in [4.69, 9.17) is 0 Å². The number of hydrogen-bond donors (Lipinski definition) is 0. The van der Waals surface area contributed by atoms with Gasteiger partial charge in [-0.1, -0.05) is 6.42 Å². The summed E-state index contributed by atoms with van der Waals surface area (Å²) >= 11 is 0. The predicted molar refractivity (Wildman–Crippen MR) is 107 cm³/mol. The summed E-state index contributed by atoms with van der Waals surface area (Å²) in [5, 5.41) is 0. The SMILES string of the molecule is O=C=NCCCC(CCC(CCCN=C=O)CC12CCC(CC1)C2)CN=C=O. The second-order valence-corrected chi connectivity index (χ2v) is 8.82. The van der Waals surface area contributed by atoms with Crippen molar-refractivity contribution in [1.29, 1.82) is 0 Å². The minimum absolute atomic E-state index is 0.330. The molecule has 0 aromatic carbocycles. The third-order valence-corrected chi connectivity index (χ3v) is 6.90. The minimum Gasteiger partial charge on any atom is -0.211 e. The highest BCUT2D eigenvalue weighted by molar-refractivity contribution is 5.33. The zero-order valence-electron chi connectivity index (χ0n) is 16.9. The summed E-state index contributed by atoms with van der Waals surface area (Å²) in [7, 11) is 0. The van der Waals surface area contributed by atoms with Crippen molar-refractivity contribution in [3.8, 4) is 0 Å². The third kappa shape index (κ3) is 7.64. The largest absolute Gasteiger partial charge is 0.234 e. The Hall–Kier alpha value is -1.86. The topological polar surface area (TPSA) is 88.3 Å². The predicted octanol–water partition coefficient (Wildman–Crippen LogP) is 4.54. The van der Waals surface area contributed by atoms with Crippen molar-refractivity contribution in [2.24, 2.45) is 38.1 Å². The molecule has 0 N–H and O–H groups in total. The van der Waals surface area contributed by atoms with Crippen LogP contribution in [0.1, 0.15) is 77.0 Å². The molecule has 2 bridgehead atoms. The van der Waals surface area contributed by atoms with E-state index in [0.717, 1.165) is 44.4 Å². The Labute approximate surface area is 168 Å². The molecule has 2 rings (SSSR count). The van der Waals surface area contributed by atoms with Crippen molar-refractivity contribution in [3.05, 3.63) is 0 Å². The molecule has 2 aliphatic carbocycles. The molecular formula is C22H33N3O3. The molecule has 0 spiro atoms. The van der Waals surface area contributed by atoms with Gasteiger partial charge in [-0.3, -0.25) is 0 Å². The van der Waals surface area contributed by atoms with Crippen LogP contribution in [0.5, 0.6) is 0 Å². The van der Waals surface area contributed by atoms with E-state index >= 15 is 0 Å². The highest BCUT2D eigenvalue weighted by Gasteiger charge is 2.45. The summed E-state index contributed by atoms with van der Waals surface area (Å²) in [5.41, 5.74) is 0.554. The molecule has 2 saturated carbocycles. The van der Waals surface area contributed by atoms with E-state index in [1.165, 1.54) is 38.5 Å². The van der Waals surface area contributed by atoms with Gasteiger partial charge in [0, 0.05) is 0 Å². The highest BCUT2D eigenvalue weighted by Crippen LogP contribution is 2.57. The fourth-order valence-corrected chi connectivity index (χ4v) is 5.53. The third-order valence-electron chi connectivity index (χ3n) is 6.90. The van der Waals surface area contributed by atoms with Crippen LogP contribution in [-0.2, 0) is 14.4 Å². The first kappa shape index (κ1) is 22.4. The molecule has 0 radical (unpaired) electrons. The molecule has 28 heavy (non-hydrogen) atoms. The van der Waals surface area contributed by atoms with Crippen LogP contribution in [-0.4, -0.2) is 37.9 Å². The second-order valence-electron chi connectivity index (χ2n) is 8.82. The summed E-state index contributed by atoms with van der Waals surface area (Å²) in [6, 6.07) is 0. The molecule has 0 heterocycles. The maximum atomic E-state index is 10.5. The summed E-state index contributed by atoms with van der Waals surface area (Å²) < 4.78 is 0. The van der Waals surface area contributed by atoms with Crippen LogP contribution in [0.2, 0.25) is 0 Å². The summed E-state index contributed by atoms with van der Waals surface area (Å²) in [5.74, 6) is 1.92. The lowest BCUT2D eigenvalue weighted by molar-refractivity contribution is 0.197. The van der Waals surface area contributed by atoms with E-state index in [1.54, 1.807) is 18.2 Å². The monoisotopic (exact) mass is 387 g/mol. The van der Waals surface area contributed by atoms with E-state index < -0.39 is 0 Å². The Morgan fingerprint density at radius 3 is 1.89 bits per heavy atom. The number of rotatable bonds is 15. The van der Waals surface area contributed by atoms with Gasteiger partial charge in [0.05, 0.1) is 19.6 Å². The van der Waals surface area contributed by atoms with Crippen molar-refractivity contribution in [2.75, 3.05) is 19.6 Å². The Morgan fingerprint density at radius 1 is 0.786 bits per heavy atom. The van der Waals surface area contributed by atoms with Gasteiger partial charge >= 0.3 is 0 Å².